The normalized spacial score (nSPS) is 11.4. The van der Waals surface area contributed by atoms with Gasteiger partial charge >= 0.3 is 5.97 Å². The van der Waals surface area contributed by atoms with E-state index in [1.807, 2.05) is 17.8 Å². The van der Waals surface area contributed by atoms with Gasteiger partial charge in [0, 0.05) is 28.9 Å². The molecule has 0 aliphatic rings. The molecule has 0 fully saturated rings. The van der Waals surface area contributed by atoms with Gasteiger partial charge in [0.2, 0.25) is 0 Å². The standard InChI is InChI=1S/C15H19NO2S/c1-4-16-13(9-19-10(2)3)8-12-7-11(15(17)18)5-6-14(12)16/h5-8,10H,4,9H2,1-3H3,(H,17,18). The van der Waals surface area contributed by atoms with Crippen molar-refractivity contribution in [3.63, 3.8) is 0 Å². The number of aryl methyl sites for hydroxylation is 1. The van der Waals surface area contributed by atoms with Gasteiger partial charge in [-0.25, -0.2) is 4.79 Å². The van der Waals surface area contributed by atoms with Crippen LogP contribution in [0.15, 0.2) is 24.3 Å². The van der Waals surface area contributed by atoms with Crippen LogP contribution in [0.5, 0.6) is 0 Å². The van der Waals surface area contributed by atoms with Crippen LogP contribution < -0.4 is 0 Å². The molecule has 0 radical (unpaired) electrons. The quantitative estimate of drug-likeness (QED) is 0.898. The first kappa shape index (κ1) is 14.0. The summed E-state index contributed by atoms with van der Waals surface area (Å²) in [4.78, 5) is 11.0. The third-order valence-electron chi connectivity index (χ3n) is 3.11. The highest BCUT2D eigenvalue weighted by Gasteiger charge is 2.11. The predicted octanol–water partition coefficient (Wildman–Crippen LogP) is 4.00. The molecule has 1 heterocycles. The van der Waals surface area contributed by atoms with Gasteiger partial charge in [0.1, 0.15) is 0 Å². The average molecular weight is 277 g/mol. The lowest BCUT2D eigenvalue weighted by Gasteiger charge is -2.09. The van der Waals surface area contributed by atoms with Crippen molar-refractivity contribution in [2.75, 3.05) is 0 Å². The van der Waals surface area contributed by atoms with Crippen LogP contribution in [0.1, 0.15) is 36.8 Å². The third kappa shape index (κ3) is 2.95. The zero-order valence-electron chi connectivity index (χ0n) is 11.5. The minimum absolute atomic E-state index is 0.351. The van der Waals surface area contributed by atoms with Crippen molar-refractivity contribution >= 4 is 28.6 Å². The third-order valence-corrected chi connectivity index (χ3v) is 4.24. The molecule has 0 amide bonds. The lowest BCUT2D eigenvalue weighted by Crippen LogP contribution is -2.01. The van der Waals surface area contributed by atoms with Gasteiger partial charge in [-0.15, -0.1) is 0 Å². The van der Waals surface area contributed by atoms with Crippen molar-refractivity contribution in [2.24, 2.45) is 0 Å². The van der Waals surface area contributed by atoms with Gasteiger partial charge in [0.25, 0.3) is 0 Å². The Balaban J connectivity index is 2.44. The Morgan fingerprint density at radius 2 is 2.11 bits per heavy atom. The Kier molecular flexibility index (Phi) is 4.20. The van der Waals surface area contributed by atoms with E-state index >= 15 is 0 Å². The summed E-state index contributed by atoms with van der Waals surface area (Å²) < 4.78 is 2.26. The molecule has 1 N–H and O–H groups in total. The number of fused-ring (bicyclic) bond motifs is 1. The number of nitrogens with zero attached hydrogens (tertiary/aromatic N) is 1. The SMILES string of the molecule is CCn1c(CSC(C)C)cc2cc(C(=O)O)ccc21. The van der Waals surface area contributed by atoms with Crippen LogP contribution in [0.2, 0.25) is 0 Å². The number of aromatic nitrogens is 1. The number of carbonyl (C=O) groups is 1. The molecule has 0 saturated heterocycles. The largest absolute Gasteiger partial charge is 0.478 e. The van der Waals surface area contributed by atoms with Gasteiger partial charge in [0.15, 0.2) is 0 Å². The molecule has 2 rings (SSSR count). The fourth-order valence-electron chi connectivity index (χ4n) is 2.21. The summed E-state index contributed by atoms with van der Waals surface area (Å²) in [5.74, 6) is 0.0898. The smallest absolute Gasteiger partial charge is 0.335 e. The first-order valence-electron chi connectivity index (χ1n) is 6.50. The lowest BCUT2D eigenvalue weighted by atomic mass is 10.1. The Morgan fingerprint density at radius 1 is 1.37 bits per heavy atom. The van der Waals surface area contributed by atoms with E-state index in [1.54, 1.807) is 12.1 Å². The van der Waals surface area contributed by atoms with Crippen LogP contribution in [-0.2, 0) is 12.3 Å². The number of carboxylic acid groups (broad SMARTS) is 1. The van der Waals surface area contributed by atoms with Crippen molar-refractivity contribution < 1.29 is 9.90 Å². The van der Waals surface area contributed by atoms with Crippen molar-refractivity contribution in [3.8, 4) is 0 Å². The molecule has 0 saturated carbocycles. The zero-order valence-corrected chi connectivity index (χ0v) is 12.3. The molecule has 3 nitrogen and oxygen atoms in total. The van der Waals surface area contributed by atoms with E-state index in [0.29, 0.717) is 10.8 Å². The van der Waals surface area contributed by atoms with Gasteiger partial charge < -0.3 is 9.67 Å². The zero-order chi connectivity index (χ0) is 14.0. The fraction of sp³-hybridized carbons (Fsp3) is 0.400. The summed E-state index contributed by atoms with van der Waals surface area (Å²) in [6, 6.07) is 7.45. The molecular formula is C15H19NO2S. The van der Waals surface area contributed by atoms with Gasteiger partial charge in [-0.05, 0) is 36.4 Å². The molecule has 0 unspecified atom stereocenters. The van der Waals surface area contributed by atoms with Gasteiger partial charge in [-0.1, -0.05) is 13.8 Å². The number of aromatic carboxylic acids is 1. The van der Waals surface area contributed by atoms with Crippen molar-refractivity contribution in [1.29, 1.82) is 0 Å². The van der Waals surface area contributed by atoms with Crippen molar-refractivity contribution in [3.05, 3.63) is 35.5 Å². The molecule has 0 atom stereocenters. The van der Waals surface area contributed by atoms with E-state index in [-0.39, 0.29) is 0 Å². The molecule has 0 aliphatic heterocycles. The second-order valence-electron chi connectivity index (χ2n) is 4.82. The summed E-state index contributed by atoms with van der Waals surface area (Å²) in [5, 5.41) is 10.7. The Hall–Kier alpha value is -1.42. The Labute approximate surface area is 117 Å². The van der Waals surface area contributed by atoms with Crippen LogP contribution in [0.25, 0.3) is 10.9 Å². The summed E-state index contributed by atoms with van der Waals surface area (Å²) in [6.07, 6.45) is 0. The summed E-state index contributed by atoms with van der Waals surface area (Å²) in [7, 11) is 0. The van der Waals surface area contributed by atoms with E-state index in [2.05, 4.69) is 31.4 Å². The van der Waals surface area contributed by atoms with Crippen LogP contribution in [0, 0.1) is 0 Å². The molecule has 1 aromatic carbocycles. The molecule has 1 aromatic heterocycles. The molecule has 19 heavy (non-hydrogen) atoms. The predicted molar refractivity (Wildman–Crippen MR) is 81.0 cm³/mol. The molecular weight excluding hydrogens is 258 g/mol. The summed E-state index contributed by atoms with van der Waals surface area (Å²) in [5.41, 5.74) is 2.73. The maximum Gasteiger partial charge on any atom is 0.335 e. The molecule has 0 bridgehead atoms. The number of benzene rings is 1. The molecule has 102 valence electrons. The summed E-state index contributed by atoms with van der Waals surface area (Å²) >= 11 is 1.90. The second kappa shape index (κ2) is 5.70. The van der Waals surface area contributed by atoms with Crippen LogP contribution in [-0.4, -0.2) is 20.9 Å². The van der Waals surface area contributed by atoms with Crippen LogP contribution >= 0.6 is 11.8 Å². The number of thioether (sulfide) groups is 1. The number of hydrogen-bond donors (Lipinski definition) is 1. The molecule has 0 spiro atoms. The summed E-state index contributed by atoms with van der Waals surface area (Å²) in [6.45, 7) is 7.40. The highest BCUT2D eigenvalue weighted by molar-refractivity contribution is 7.99. The maximum absolute atomic E-state index is 11.0. The van der Waals surface area contributed by atoms with Crippen LogP contribution in [0.3, 0.4) is 0 Å². The van der Waals surface area contributed by atoms with Gasteiger partial charge in [-0.3, -0.25) is 0 Å². The molecule has 4 heteroatoms. The number of rotatable bonds is 5. The van der Waals surface area contributed by atoms with E-state index in [4.69, 9.17) is 5.11 Å². The Morgan fingerprint density at radius 3 is 2.68 bits per heavy atom. The van der Waals surface area contributed by atoms with Crippen molar-refractivity contribution in [2.45, 2.75) is 38.3 Å². The lowest BCUT2D eigenvalue weighted by molar-refractivity contribution is 0.0697. The average Bonchev–Trinajstić information content (AvgIpc) is 2.72. The topological polar surface area (TPSA) is 42.2 Å². The highest BCUT2D eigenvalue weighted by atomic mass is 32.2. The highest BCUT2D eigenvalue weighted by Crippen LogP contribution is 2.25. The number of hydrogen-bond acceptors (Lipinski definition) is 2. The second-order valence-corrected chi connectivity index (χ2v) is 6.38. The number of carboxylic acids is 1. The van der Waals surface area contributed by atoms with E-state index in [0.717, 1.165) is 23.2 Å². The monoisotopic (exact) mass is 277 g/mol. The minimum Gasteiger partial charge on any atom is -0.478 e. The van der Waals surface area contributed by atoms with E-state index in [1.165, 1.54) is 5.69 Å². The van der Waals surface area contributed by atoms with Crippen LogP contribution in [0.4, 0.5) is 0 Å². The van der Waals surface area contributed by atoms with E-state index < -0.39 is 5.97 Å². The first-order valence-corrected chi connectivity index (χ1v) is 7.55. The minimum atomic E-state index is -0.871. The molecule has 2 aromatic rings. The van der Waals surface area contributed by atoms with Gasteiger partial charge in [-0.2, -0.15) is 11.8 Å². The maximum atomic E-state index is 11.0. The molecule has 0 aliphatic carbocycles. The first-order chi connectivity index (χ1) is 9.02. The Bertz CT molecular complexity index is 601. The van der Waals surface area contributed by atoms with Gasteiger partial charge in [0.05, 0.1) is 5.56 Å². The van der Waals surface area contributed by atoms with Crippen molar-refractivity contribution in [1.82, 2.24) is 4.57 Å². The van der Waals surface area contributed by atoms with E-state index in [9.17, 15) is 4.79 Å². The fourth-order valence-corrected chi connectivity index (χ4v) is 2.95.